The van der Waals surface area contributed by atoms with Crippen LogP contribution in [0.2, 0.25) is 30.1 Å². The zero-order chi connectivity index (χ0) is 92.6. The number of amides is 4. The van der Waals surface area contributed by atoms with Gasteiger partial charge in [-0.3, -0.25) is 56.6 Å². The van der Waals surface area contributed by atoms with E-state index >= 15 is 0 Å². The van der Waals surface area contributed by atoms with Gasteiger partial charge in [-0.25, -0.2) is 57.4 Å². The first-order chi connectivity index (χ1) is 61.0. The monoisotopic (exact) mass is 1860 g/mol. The number of fused-ring (bicyclic) bond motifs is 4. The maximum absolute atomic E-state index is 14.9. The average Bonchev–Trinajstić information content (AvgIpc) is 1.02. The summed E-state index contributed by atoms with van der Waals surface area (Å²) in [5.41, 5.74) is 23.1. The first kappa shape index (κ1) is 92.4. The van der Waals surface area contributed by atoms with Crippen LogP contribution < -0.4 is 64.8 Å². The number of piperazine rings is 4. The van der Waals surface area contributed by atoms with Gasteiger partial charge < -0.3 is 62.1 Å². The molecule has 664 valence electrons. The minimum Gasteiger partial charge on any atom is -0.396 e. The molecule has 12 aromatic rings. The van der Waals surface area contributed by atoms with Crippen LogP contribution >= 0.6 is 69.6 Å². The van der Waals surface area contributed by atoms with Crippen molar-refractivity contribution in [1.29, 1.82) is 0 Å². The van der Waals surface area contributed by atoms with Gasteiger partial charge in [0.15, 0.2) is 11.6 Å². The second kappa shape index (κ2) is 38.1. The van der Waals surface area contributed by atoms with Gasteiger partial charge in [0, 0.05) is 126 Å². The van der Waals surface area contributed by atoms with Gasteiger partial charge in [-0.15, -0.1) is 0 Å². The molecule has 2 atom stereocenters. The molecule has 4 fully saturated rings. The molecular weight excluding hydrogens is 1790 g/mol. The minimum absolute atomic E-state index is 0.0245. The number of aromatic nitrogens is 12. The molecule has 4 aromatic carbocycles. The lowest BCUT2D eigenvalue weighted by atomic mass is 10.1. The van der Waals surface area contributed by atoms with Crippen LogP contribution in [0.15, 0.2) is 156 Å². The Morgan fingerprint density at radius 1 is 0.352 bits per heavy atom. The molecule has 8 N–H and O–H groups in total. The minimum atomic E-state index is -0.853. The fourth-order valence-electron chi connectivity index (χ4n) is 15.9. The Hall–Kier alpha value is -13.3. The van der Waals surface area contributed by atoms with Gasteiger partial charge in [-0.2, -0.15) is 0 Å². The highest BCUT2D eigenvalue weighted by Gasteiger charge is 2.34. The molecule has 0 radical (unpaired) electrons. The van der Waals surface area contributed by atoms with E-state index < -0.39 is 45.5 Å². The van der Waals surface area contributed by atoms with Crippen LogP contribution in [-0.4, -0.2) is 205 Å². The number of benzene rings is 4. The summed E-state index contributed by atoms with van der Waals surface area (Å²) in [6.07, 6.45) is 10.4. The van der Waals surface area contributed by atoms with Gasteiger partial charge in [0.2, 0.25) is 23.6 Å². The van der Waals surface area contributed by atoms with E-state index in [1.54, 1.807) is 71.6 Å². The maximum atomic E-state index is 14.9. The lowest BCUT2D eigenvalue weighted by molar-refractivity contribution is -0.127. The summed E-state index contributed by atoms with van der Waals surface area (Å²) >= 11 is 36.2. The lowest BCUT2D eigenvalue weighted by Crippen LogP contribution is -2.53. The van der Waals surface area contributed by atoms with E-state index in [4.69, 9.17) is 92.5 Å². The zero-order valence-corrected chi connectivity index (χ0v) is 74.1. The third kappa shape index (κ3) is 17.6. The number of nitrogen functional groups attached to an aromatic ring is 4. The highest BCUT2D eigenvalue weighted by molar-refractivity contribution is 6.38. The second-order valence-electron chi connectivity index (χ2n) is 30.1. The smallest absolute Gasteiger partial charge is 0.282 e. The van der Waals surface area contributed by atoms with E-state index in [9.17, 15) is 55.9 Å². The Labute approximate surface area is 757 Å². The van der Waals surface area contributed by atoms with Crippen LogP contribution in [0.25, 0.3) is 66.4 Å². The maximum Gasteiger partial charge on any atom is 0.282 e. The van der Waals surface area contributed by atoms with Crippen LogP contribution in [0.5, 0.6) is 0 Å². The average molecular weight is 1870 g/mol. The molecule has 0 spiro atoms. The summed E-state index contributed by atoms with van der Waals surface area (Å²) in [6, 6.07) is 14.1. The Balaban J connectivity index is 0.000000146. The Bertz CT molecular complexity index is 6410. The molecule has 0 bridgehead atoms. The number of pyridine rings is 4. The molecule has 4 amide bonds. The molecule has 8 aromatic heterocycles. The largest absolute Gasteiger partial charge is 0.396 e. The van der Waals surface area contributed by atoms with Crippen molar-refractivity contribution in [2.75, 3.05) is 134 Å². The van der Waals surface area contributed by atoms with Crippen molar-refractivity contribution in [3.05, 3.63) is 254 Å². The Morgan fingerprint density at radius 2 is 0.609 bits per heavy atom. The molecule has 12 heterocycles. The molecular formula is C86H82Cl6F4N24O8. The second-order valence-corrected chi connectivity index (χ2v) is 32.5. The highest BCUT2D eigenvalue weighted by Crippen LogP contribution is 2.40. The molecule has 0 saturated carbocycles. The van der Waals surface area contributed by atoms with Crippen molar-refractivity contribution < 1.29 is 36.7 Å². The Kier molecular flexibility index (Phi) is 27.5. The fourth-order valence-corrected chi connectivity index (χ4v) is 17.1. The van der Waals surface area contributed by atoms with Crippen LogP contribution in [-0.2, 0) is 19.2 Å². The number of anilines is 8. The molecule has 4 aliphatic rings. The van der Waals surface area contributed by atoms with Crippen LogP contribution in [0.1, 0.15) is 36.6 Å². The number of hydrogen-bond donors (Lipinski definition) is 4. The van der Waals surface area contributed by atoms with E-state index in [2.05, 4.69) is 66.2 Å². The van der Waals surface area contributed by atoms with E-state index in [1.807, 2.05) is 33.4 Å². The first-order valence-electron chi connectivity index (χ1n) is 39.5. The van der Waals surface area contributed by atoms with Crippen LogP contribution in [0.4, 0.5) is 63.6 Å². The summed E-state index contributed by atoms with van der Waals surface area (Å²) in [4.78, 5) is 150. The number of hydrogen-bond acceptors (Lipinski definition) is 24. The van der Waals surface area contributed by atoms with Crippen molar-refractivity contribution in [3.8, 4) is 22.7 Å². The van der Waals surface area contributed by atoms with Gasteiger partial charge >= 0.3 is 0 Å². The predicted octanol–water partition coefficient (Wildman–Crippen LogP) is 11.3. The summed E-state index contributed by atoms with van der Waals surface area (Å²) in [6.45, 7) is 31.9. The molecule has 42 heteroatoms. The quantitative estimate of drug-likeness (QED) is 0.0382. The number of carbonyl (C=O) groups is 4. The van der Waals surface area contributed by atoms with Gasteiger partial charge in [0.05, 0.1) is 74.4 Å². The van der Waals surface area contributed by atoms with Crippen molar-refractivity contribution in [1.82, 2.24) is 77.7 Å². The molecule has 4 aliphatic heterocycles. The van der Waals surface area contributed by atoms with Crippen molar-refractivity contribution in [2.45, 2.75) is 53.6 Å². The van der Waals surface area contributed by atoms with Crippen molar-refractivity contribution in [2.24, 2.45) is 0 Å². The van der Waals surface area contributed by atoms with Gasteiger partial charge in [-0.05, 0) is 127 Å². The third-order valence-electron chi connectivity index (χ3n) is 22.3. The van der Waals surface area contributed by atoms with E-state index in [0.29, 0.717) is 159 Å². The first-order valence-corrected chi connectivity index (χ1v) is 41.8. The molecule has 0 aliphatic carbocycles. The number of halogens is 10. The highest BCUT2D eigenvalue weighted by atomic mass is 35.5. The van der Waals surface area contributed by atoms with E-state index in [0.717, 1.165) is 9.13 Å². The number of nitrogens with two attached hydrogens (primary N) is 4. The topological polar surface area (TPSA) is 389 Å². The van der Waals surface area contributed by atoms with Crippen LogP contribution in [0.3, 0.4) is 0 Å². The molecule has 128 heavy (non-hydrogen) atoms. The number of aryl methyl sites for hydroxylation is 4. The summed E-state index contributed by atoms with van der Waals surface area (Å²) in [7, 11) is 0. The Morgan fingerprint density at radius 3 is 0.898 bits per heavy atom. The SMILES string of the molecule is C=CC(=O)N1CCN(c2ncnc3c(=O)n(-c4c(F)ccc(Cl)c4N)c(C)cc23)CC1.C=CC(=O)N1CCN(c2ncnc3c(=O)n(-c4c(F)ccc(Cl)c4N)c(C)cc23)CC1.C=CC(=O)N1CCN(c2ncnc3c(=O)n(-c4c(N)c(Cl)cc(Cl)c4F)c(C)cc23)[C@H](C)C1.C=CC(=O)N1CCN(c2ncnc3c(=O)n(-c4c(N)c(Cl)cc(Cl)c4F)c(C)cc23)[C@H](C)C1. The fraction of sp³-hybridized carbons (Fsp3) is 0.256. The number of rotatable bonds is 12. The van der Waals surface area contributed by atoms with E-state index in [-0.39, 0.29) is 133 Å². The normalized spacial score (nSPS) is 15.3. The molecule has 0 unspecified atom stereocenters. The van der Waals surface area contributed by atoms with Gasteiger partial charge in [0.25, 0.3) is 22.2 Å². The standard InChI is InChI=1S/2C22H21Cl2FN6O2.2C21H20ClFN6O2/c2*1-4-16(32)29-5-6-30(12(3)9-29)21-13-7-11(2)31(22(33)19(13)27-10-28-21)20-17(25)14(23)8-15(24)18(20)26;2*1-3-16(30)27-6-8-28(9-7-27)20-13-10-12(2)29(21(31)18(13)25-11-26-20)19-15(23)5-4-14(22)17(19)24/h2*4,7-8,10,12H,1,5-6,9,26H2,2-3H3;2*3-5,10-11H,1,6-9,24H2,2H3/t2*12-;;/m11../s1. The lowest BCUT2D eigenvalue weighted by Gasteiger charge is -2.40. The van der Waals surface area contributed by atoms with Crippen LogP contribution in [0, 0.1) is 51.0 Å². The molecule has 16 rings (SSSR count). The van der Waals surface area contributed by atoms with Crippen molar-refractivity contribution in [3.63, 3.8) is 0 Å². The molecule has 32 nitrogen and oxygen atoms in total. The number of carbonyl (C=O) groups excluding carboxylic acids is 4. The van der Waals surface area contributed by atoms with Gasteiger partial charge in [0.1, 0.15) is 105 Å². The molecule has 4 saturated heterocycles. The predicted molar refractivity (Wildman–Crippen MR) is 492 cm³/mol. The summed E-state index contributed by atoms with van der Waals surface area (Å²) in [5.74, 6) is -1.24. The van der Waals surface area contributed by atoms with Gasteiger partial charge in [-0.1, -0.05) is 95.9 Å². The summed E-state index contributed by atoms with van der Waals surface area (Å²) < 4.78 is 63.6. The summed E-state index contributed by atoms with van der Waals surface area (Å²) in [5, 5.41) is 1.99. The van der Waals surface area contributed by atoms with E-state index in [1.165, 1.54) is 95.1 Å². The number of nitrogens with zero attached hydrogens (tertiary/aromatic N) is 20. The van der Waals surface area contributed by atoms with Crippen molar-refractivity contribution >= 4 is 183 Å². The zero-order valence-electron chi connectivity index (χ0n) is 69.6. The third-order valence-corrected chi connectivity index (χ3v) is 24.1.